The first-order valence-electron chi connectivity index (χ1n) is 3.90. The zero-order chi connectivity index (χ0) is 9.10. The van der Waals surface area contributed by atoms with Crippen molar-refractivity contribution in [3.05, 3.63) is 30.2 Å². The molecule has 2 aromatic heterocycles. The number of hydrogen-bond acceptors (Lipinski definition) is 4. The molecule has 0 aliphatic rings. The Hall–Kier alpha value is -1.91. The average molecular weight is 175 g/mol. The second-order valence-corrected chi connectivity index (χ2v) is 2.63. The fraction of sp³-hybridized carbons (Fsp3) is 0.125. The Balaban J connectivity index is 2.15. The van der Waals surface area contributed by atoms with Crippen LogP contribution in [0.1, 0.15) is 5.69 Å². The fourth-order valence-electron chi connectivity index (χ4n) is 0.960. The Kier molecular flexibility index (Phi) is 1.91. The molecule has 0 amide bonds. The minimum absolute atomic E-state index is 0.550. The summed E-state index contributed by atoms with van der Waals surface area (Å²) in [5.41, 5.74) is 0.999. The van der Waals surface area contributed by atoms with Crippen molar-refractivity contribution in [2.24, 2.45) is 0 Å². The molecule has 0 fully saturated rings. The van der Waals surface area contributed by atoms with Crippen LogP contribution in [0.3, 0.4) is 0 Å². The normalized spacial score (nSPS) is 9.92. The van der Waals surface area contributed by atoms with Gasteiger partial charge in [-0.2, -0.15) is 5.10 Å². The summed E-state index contributed by atoms with van der Waals surface area (Å²) >= 11 is 0. The van der Waals surface area contributed by atoms with E-state index < -0.39 is 0 Å². The van der Waals surface area contributed by atoms with Crippen LogP contribution in [0.15, 0.2) is 24.5 Å². The molecule has 2 rings (SSSR count). The van der Waals surface area contributed by atoms with E-state index >= 15 is 0 Å². The van der Waals surface area contributed by atoms with Crippen molar-refractivity contribution < 1.29 is 0 Å². The predicted molar refractivity (Wildman–Crippen MR) is 48.6 cm³/mol. The van der Waals surface area contributed by atoms with E-state index in [2.05, 4.69) is 25.5 Å². The van der Waals surface area contributed by atoms with Crippen LogP contribution >= 0.6 is 0 Å². The number of anilines is 2. The molecule has 0 spiro atoms. The number of rotatable bonds is 2. The summed E-state index contributed by atoms with van der Waals surface area (Å²) in [5, 5.41) is 9.78. The molecule has 0 aliphatic carbocycles. The van der Waals surface area contributed by atoms with Crippen LogP contribution in [0, 0.1) is 6.92 Å². The van der Waals surface area contributed by atoms with Crippen molar-refractivity contribution in [3.8, 4) is 0 Å². The average Bonchev–Trinajstić information content (AvgIpc) is 2.53. The van der Waals surface area contributed by atoms with Gasteiger partial charge in [-0.3, -0.25) is 5.10 Å². The van der Waals surface area contributed by atoms with Gasteiger partial charge in [0.15, 0.2) is 5.82 Å². The van der Waals surface area contributed by atoms with Gasteiger partial charge in [0.1, 0.15) is 0 Å². The molecule has 0 atom stereocenters. The monoisotopic (exact) mass is 175 g/mol. The summed E-state index contributed by atoms with van der Waals surface area (Å²) in [6.45, 7) is 1.93. The van der Waals surface area contributed by atoms with E-state index in [0.717, 1.165) is 11.5 Å². The standard InChI is InChI=1S/C8H9N5/c1-6-5-7(13-12-6)11-8-9-3-2-4-10-8/h2-5H,1H3,(H2,9,10,11,12,13). The van der Waals surface area contributed by atoms with Gasteiger partial charge < -0.3 is 5.32 Å². The van der Waals surface area contributed by atoms with E-state index in [1.165, 1.54) is 0 Å². The highest BCUT2D eigenvalue weighted by Crippen LogP contribution is 2.08. The van der Waals surface area contributed by atoms with Gasteiger partial charge in [-0.1, -0.05) is 0 Å². The molecule has 0 saturated heterocycles. The topological polar surface area (TPSA) is 66.5 Å². The van der Waals surface area contributed by atoms with E-state index in [4.69, 9.17) is 0 Å². The van der Waals surface area contributed by atoms with E-state index in [-0.39, 0.29) is 0 Å². The van der Waals surface area contributed by atoms with Gasteiger partial charge >= 0.3 is 0 Å². The van der Waals surface area contributed by atoms with Gasteiger partial charge in [0.05, 0.1) is 0 Å². The second-order valence-electron chi connectivity index (χ2n) is 2.63. The molecular weight excluding hydrogens is 166 g/mol. The number of aryl methyl sites for hydroxylation is 1. The molecule has 5 heteroatoms. The van der Waals surface area contributed by atoms with Crippen molar-refractivity contribution in [2.75, 3.05) is 5.32 Å². The maximum absolute atomic E-state index is 4.01. The number of nitrogens with zero attached hydrogens (tertiary/aromatic N) is 3. The summed E-state index contributed by atoms with van der Waals surface area (Å²) in [7, 11) is 0. The zero-order valence-corrected chi connectivity index (χ0v) is 7.15. The third kappa shape index (κ3) is 1.81. The van der Waals surface area contributed by atoms with Crippen molar-refractivity contribution in [1.82, 2.24) is 20.2 Å². The van der Waals surface area contributed by atoms with Gasteiger partial charge in [-0.25, -0.2) is 9.97 Å². The van der Waals surface area contributed by atoms with Gasteiger partial charge in [-0.15, -0.1) is 0 Å². The summed E-state index contributed by atoms with van der Waals surface area (Å²) < 4.78 is 0. The van der Waals surface area contributed by atoms with Crippen LogP contribution in [0.4, 0.5) is 11.8 Å². The Morgan fingerprint density at radius 1 is 1.31 bits per heavy atom. The summed E-state index contributed by atoms with van der Waals surface area (Å²) in [5.74, 6) is 1.28. The molecule has 66 valence electrons. The molecule has 0 radical (unpaired) electrons. The highest BCUT2D eigenvalue weighted by molar-refractivity contribution is 5.46. The Morgan fingerprint density at radius 3 is 2.69 bits per heavy atom. The summed E-state index contributed by atoms with van der Waals surface area (Å²) in [4.78, 5) is 8.01. The molecule has 0 saturated carbocycles. The van der Waals surface area contributed by atoms with Crippen LogP contribution in [0.25, 0.3) is 0 Å². The van der Waals surface area contributed by atoms with Crippen LogP contribution in [0.5, 0.6) is 0 Å². The molecular formula is C8H9N5. The lowest BCUT2D eigenvalue weighted by atomic mass is 10.5. The van der Waals surface area contributed by atoms with Crippen LogP contribution in [-0.2, 0) is 0 Å². The van der Waals surface area contributed by atoms with E-state index in [0.29, 0.717) is 5.95 Å². The van der Waals surface area contributed by atoms with E-state index in [1.807, 2.05) is 13.0 Å². The highest BCUT2D eigenvalue weighted by atomic mass is 15.2. The molecule has 2 aromatic rings. The molecule has 0 bridgehead atoms. The molecule has 0 aromatic carbocycles. The molecule has 0 aliphatic heterocycles. The summed E-state index contributed by atoms with van der Waals surface area (Å²) in [6, 6.07) is 3.65. The van der Waals surface area contributed by atoms with Gasteiger partial charge in [0, 0.05) is 24.2 Å². The first-order chi connectivity index (χ1) is 6.34. The maximum Gasteiger partial charge on any atom is 0.228 e. The minimum atomic E-state index is 0.550. The molecule has 2 N–H and O–H groups in total. The molecule has 5 nitrogen and oxygen atoms in total. The highest BCUT2D eigenvalue weighted by Gasteiger charge is 1.98. The minimum Gasteiger partial charge on any atom is -0.307 e. The van der Waals surface area contributed by atoms with E-state index in [1.54, 1.807) is 18.5 Å². The largest absolute Gasteiger partial charge is 0.307 e. The van der Waals surface area contributed by atoms with Gasteiger partial charge in [0.25, 0.3) is 0 Å². The quantitative estimate of drug-likeness (QED) is 0.720. The zero-order valence-electron chi connectivity index (χ0n) is 7.15. The smallest absolute Gasteiger partial charge is 0.228 e. The number of aromatic amines is 1. The first kappa shape index (κ1) is 7.72. The van der Waals surface area contributed by atoms with Gasteiger partial charge in [-0.05, 0) is 13.0 Å². The lowest BCUT2D eigenvalue weighted by Crippen LogP contribution is -1.95. The Labute approximate surface area is 75.2 Å². The molecule has 13 heavy (non-hydrogen) atoms. The molecule has 2 heterocycles. The van der Waals surface area contributed by atoms with E-state index in [9.17, 15) is 0 Å². The first-order valence-corrected chi connectivity index (χ1v) is 3.90. The van der Waals surface area contributed by atoms with Crippen molar-refractivity contribution in [2.45, 2.75) is 6.92 Å². The SMILES string of the molecule is Cc1cc(Nc2ncccn2)n[nH]1. The number of nitrogens with one attached hydrogen (secondary N) is 2. The number of hydrogen-bond donors (Lipinski definition) is 2. The lowest BCUT2D eigenvalue weighted by Gasteiger charge is -1.97. The predicted octanol–water partition coefficient (Wildman–Crippen LogP) is 1.25. The van der Waals surface area contributed by atoms with Crippen molar-refractivity contribution >= 4 is 11.8 Å². The van der Waals surface area contributed by atoms with Crippen molar-refractivity contribution in [1.29, 1.82) is 0 Å². The van der Waals surface area contributed by atoms with Crippen LogP contribution < -0.4 is 5.32 Å². The van der Waals surface area contributed by atoms with Crippen LogP contribution in [0.2, 0.25) is 0 Å². The number of aromatic nitrogens is 4. The maximum atomic E-state index is 4.01. The van der Waals surface area contributed by atoms with Crippen LogP contribution in [-0.4, -0.2) is 20.2 Å². The third-order valence-corrected chi connectivity index (χ3v) is 1.51. The van der Waals surface area contributed by atoms with Gasteiger partial charge in [0.2, 0.25) is 5.95 Å². The third-order valence-electron chi connectivity index (χ3n) is 1.51. The second kappa shape index (κ2) is 3.22. The fourth-order valence-corrected chi connectivity index (χ4v) is 0.960. The summed E-state index contributed by atoms with van der Waals surface area (Å²) in [6.07, 6.45) is 3.35. The molecule has 0 unspecified atom stereocenters. The number of H-pyrrole nitrogens is 1. The Bertz CT molecular complexity index is 380. The lowest BCUT2D eigenvalue weighted by molar-refractivity contribution is 1.04. The van der Waals surface area contributed by atoms with Crippen molar-refractivity contribution in [3.63, 3.8) is 0 Å². The Morgan fingerprint density at radius 2 is 2.08 bits per heavy atom.